The van der Waals surface area contributed by atoms with Crippen molar-refractivity contribution in [3.05, 3.63) is 69.3 Å². The molecule has 0 amide bonds. The van der Waals surface area contributed by atoms with Gasteiger partial charge in [0.1, 0.15) is 0 Å². The zero-order chi connectivity index (χ0) is 24.9. The Morgan fingerprint density at radius 1 is 0.970 bits per heavy atom. The summed E-state index contributed by atoms with van der Waals surface area (Å²) in [4.78, 5) is 11.0. The van der Waals surface area contributed by atoms with Crippen molar-refractivity contribution >= 4 is 40.5 Å². The smallest absolute Gasteiger partial charge is 0.417 e. The number of halogens is 9. The number of aliphatic carboxylic acids is 1. The summed E-state index contributed by atoms with van der Waals surface area (Å²) in [5, 5.41) is 9.55. The Hall–Kier alpha value is -2.66. The molecule has 1 unspecified atom stereocenters. The zero-order valence-corrected chi connectivity index (χ0v) is 17.9. The van der Waals surface area contributed by atoms with Gasteiger partial charge in [0.05, 0.1) is 32.5 Å². The Bertz CT molecular complexity index is 1070. The topological polar surface area (TPSA) is 43.8 Å². The van der Waals surface area contributed by atoms with Gasteiger partial charge in [0.2, 0.25) is 5.67 Å². The van der Waals surface area contributed by atoms with Crippen LogP contribution in [0.25, 0.3) is 0 Å². The Morgan fingerprint density at radius 3 is 1.73 bits per heavy atom. The minimum Gasteiger partial charge on any atom is -0.479 e. The summed E-state index contributed by atoms with van der Waals surface area (Å²) in [6.07, 6.45) is -9.25. The lowest BCUT2D eigenvalue weighted by Crippen LogP contribution is -2.32. The lowest BCUT2D eigenvalue weighted by atomic mass is 10.1. The minimum atomic E-state index is -4.87. The highest BCUT2D eigenvalue weighted by molar-refractivity contribution is 6.31. The minimum absolute atomic E-state index is 0.225. The number of carboxylic acid groups (broad SMARTS) is 1. The average Bonchev–Trinajstić information content (AvgIpc) is 3.33. The van der Waals surface area contributed by atoms with Crippen molar-refractivity contribution in [3.8, 4) is 0 Å². The Balaban J connectivity index is 2.17. The van der Waals surface area contributed by atoms with Crippen LogP contribution in [0.2, 0.25) is 10.0 Å². The largest absolute Gasteiger partial charge is 0.479 e. The van der Waals surface area contributed by atoms with E-state index in [1.165, 1.54) is 7.05 Å². The van der Waals surface area contributed by atoms with Crippen LogP contribution in [0.3, 0.4) is 0 Å². The van der Waals surface area contributed by atoms with Crippen molar-refractivity contribution < 1.29 is 40.6 Å². The van der Waals surface area contributed by atoms with E-state index in [-0.39, 0.29) is 16.9 Å². The molecule has 33 heavy (non-hydrogen) atoms. The molecule has 0 spiro atoms. The number of rotatable bonds is 5. The number of hydrogen-bond donors (Lipinski definition) is 1. The van der Waals surface area contributed by atoms with E-state index in [0.29, 0.717) is 12.1 Å². The van der Waals surface area contributed by atoms with Gasteiger partial charge in [0, 0.05) is 25.2 Å². The third-order valence-electron chi connectivity index (χ3n) is 4.81. The van der Waals surface area contributed by atoms with E-state index in [9.17, 15) is 35.5 Å². The summed E-state index contributed by atoms with van der Waals surface area (Å²) in [7, 11) is 1.21. The molecule has 0 aliphatic heterocycles. The van der Waals surface area contributed by atoms with E-state index < -0.39 is 51.6 Å². The lowest BCUT2D eigenvalue weighted by molar-refractivity contribution is -0.143. The van der Waals surface area contributed by atoms with E-state index in [2.05, 4.69) is 0 Å². The predicted molar refractivity (Wildman–Crippen MR) is 107 cm³/mol. The predicted octanol–water partition coefficient (Wildman–Crippen LogP) is 7.10. The standard InChI is InChI=1S/C20H13Cl2F7N2O2/c1-30(9-10-8-18(10,23)17(32)33)31(11-2-4-15(21)13(6-11)19(24,25)26)12-3-5-16(22)14(7-12)20(27,28)29/h2-7,9H,8H2,1H3,(H,32,33)/b10-9+. The summed E-state index contributed by atoms with van der Waals surface area (Å²) in [5.74, 6) is -1.76. The van der Waals surface area contributed by atoms with Gasteiger partial charge in [-0.1, -0.05) is 23.2 Å². The van der Waals surface area contributed by atoms with Gasteiger partial charge in [0.25, 0.3) is 0 Å². The van der Waals surface area contributed by atoms with Crippen molar-refractivity contribution in [1.29, 1.82) is 0 Å². The molecule has 3 rings (SSSR count). The molecule has 0 radical (unpaired) electrons. The molecule has 0 aromatic heterocycles. The van der Waals surface area contributed by atoms with Gasteiger partial charge in [-0.3, -0.25) is 10.0 Å². The first kappa shape index (κ1) is 25.0. The molecule has 178 valence electrons. The Kier molecular flexibility index (Phi) is 6.27. The maximum Gasteiger partial charge on any atom is 0.417 e. The molecule has 0 heterocycles. The van der Waals surface area contributed by atoms with Crippen LogP contribution in [0.4, 0.5) is 42.1 Å². The number of carboxylic acids is 1. The first-order valence-corrected chi connectivity index (χ1v) is 9.71. The van der Waals surface area contributed by atoms with E-state index in [4.69, 9.17) is 28.3 Å². The van der Waals surface area contributed by atoms with E-state index in [1.54, 1.807) is 0 Å². The average molecular weight is 517 g/mol. The fourth-order valence-corrected chi connectivity index (χ4v) is 3.55. The van der Waals surface area contributed by atoms with Gasteiger partial charge in [-0.15, -0.1) is 0 Å². The van der Waals surface area contributed by atoms with Crippen LogP contribution in [-0.4, -0.2) is 28.8 Å². The highest BCUT2D eigenvalue weighted by Gasteiger charge is 2.58. The monoisotopic (exact) mass is 516 g/mol. The van der Waals surface area contributed by atoms with Crippen LogP contribution in [0.1, 0.15) is 17.5 Å². The Labute approximate surface area is 192 Å². The van der Waals surface area contributed by atoms with Crippen LogP contribution in [0.5, 0.6) is 0 Å². The first-order chi connectivity index (χ1) is 15.1. The van der Waals surface area contributed by atoms with Crippen molar-refractivity contribution in [2.45, 2.75) is 24.4 Å². The number of nitrogens with zero attached hydrogens (tertiary/aromatic N) is 2. The van der Waals surface area contributed by atoms with Crippen LogP contribution < -0.4 is 5.01 Å². The number of hydrogen-bond acceptors (Lipinski definition) is 3. The van der Waals surface area contributed by atoms with Crippen LogP contribution in [0.15, 0.2) is 48.2 Å². The molecule has 2 aromatic rings. The van der Waals surface area contributed by atoms with Gasteiger partial charge in [-0.2, -0.15) is 26.3 Å². The van der Waals surface area contributed by atoms with Crippen molar-refractivity contribution in [2.75, 3.05) is 12.1 Å². The SMILES string of the molecule is CN(/C=C1\CC1(F)C(=O)O)N(c1ccc(Cl)c(C(F)(F)F)c1)c1ccc(Cl)c(C(F)(F)F)c1. The molecular weight excluding hydrogens is 504 g/mol. The van der Waals surface area contributed by atoms with Gasteiger partial charge < -0.3 is 5.11 Å². The highest BCUT2D eigenvalue weighted by atomic mass is 35.5. The molecular formula is C20H13Cl2F7N2O2. The molecule has 1 atom stereocenters. The van der Waals surface area contributed by atoms with E-state index in [0.717, 1.165) is 40.5 Å². The number of anilines is 2. The lowest BCUT2D eigenvalue weighted by Gasteiger charge is -2.34. The highest BCUT2D eigenvalue weighted by Crippen LogP contribution is 2.48. The second kappa shape index (κ2) is 8.28. The Morgan fingerprint density at radius 2 is 1.39 bits per heavy atom. The van der Waals surface area contributed by atoms with E-state index in [1.807, 2.05) is 0 Å². The molecule has 1 N–H and O–H groups in total. The maximum atomic E-state index is 14.2. The van der Waals surface area contributed by atoms with Crippen molar-refractivity contribution in [1.82, 2.24) is 5.01 Å². The summed E-state index contributed by atoms with van der Waals surface area (Å²) in [5.41, 5.74) is -5.95. The molecule has 13 heteroatoms. The molecule has 4 nitrogen and oxygen atoms in total. The number of hydrazine groups is 1. The summed E-state index contributed by atoms with van der Waals surface area (Å²) in [6, 6.07) is 5.24. The second-order valence-electron chi connectivity index (χ2n) is 7.15. The summed E-state index contributed by atoms with van der Waals surface area (Å²) >= 11 is 11.3. The van der Waals surface area contributed by atoms with Gasteiger partial charge in [0.15, 0.2) is 0 Å². The third kappa shape index (κ3) is 4.98. The van der Waals surface area contributed by atoms with Gasteiger partial charge in [-0.25, -0.2) is 9.18 Å². The molecule has 1 saturated carbocycles. The maximum absolute atomic E-state index is 14.2. The molecule has 1 fully saturated rings. The second-order valence-corrected chi connectivity index (χ2v) is 7.96. The fraction of sp³-hybridized carbons (Fsp3) is 0.250. The van der Waals surface area contributed by atoms with Crippen molar-refractivity contribution in [3.63, 3.8) is 0 Å². The molecule has 2 aromatic carbocycles. The number of alkyl halides is 7. The molecule has 1 aliphatic carbocycles. The van der Waals surface area contributed by atoms with Gasteiger partial charge >= 0.3 is 18.3 Å². The quantitative estimate of drug-likeness (QED) is 0.340. The number of carbonyl (C=O) groups is 1. The third-order valence-corrected chi connectivity index (χ3v) is 5.47. The molecule has 0 bridgehead atoms. The normalized spacial score (nSPS) is 19.5. The summed E-state index contributed by atoms with van der Waals surface area (Å²) < 4.78 is 94.4. The van der Waals surface area contributed by atoms with Crippen molar-refractivity contribution in [2.24, 2.45) is 0 Å². The van der Waals surface area contributed by atoms with Crippen LogP contribution in [0, 0.1) is 0 Å². The first-order valence-electron chi connectivity index (χ1n) is 8.95. The summed E-state index contributed by atoms with van der Waals surface area (Å²) in [6.45, 7) is 0. The van der Waals surface area contributed by atoms with Crippen LogP contribution in [-0.2, 0) is 17.1 Å². The van der Waals surface area contributed by atoms with Crippen LogP contribution >= 0.6 is 23.2 Å². The molecule has 1 aliphatic rings. The van der Waals surface area contributed by atoms with E-state index >= 15 is 0 Å². The fourth-order valence-electron chi connectivity index (χ4n) is 3.10. The van der Waals surface area contributed by atoms with Gasteiger partial charge in [-0.05, 0) is 36.4 Å². The zero-order valence-electron chi connectivity index (χ0n) is 16.4. The number of benzene rings is 2. The molecule has 0 saturated heterocycles.